The Morgan fingerprint density at radius 2 is 0.872 bits per heavy atom. The third-order valence-corrected chi connectivity index (χ3v) is 18.2. The number of nitrogens with zero attached hydrogens (tertiary/aromatic N) is 7. The number of fused-ring (bicyclic) bond motifs is 18. The first-order valence-electron chi connectivity index (χ1n) is 28.4. The molecule has 0 atom stereocenters. The number of anilines is 6. The maximum absolute atomic E-state index is 7.04. The van der Waals surface area contributed by atoms with Crippen LogP contribution in [-0.2, 0) is 0 Å². The monoisotopic (exact) mass is 1120 g/mol. The normalized spacial score (nSPS) is 12.2. The molecule has 10 aromatic heterocycles. The molecule has 0 aliphatic carbocycles. The molecule has 19 rings (SSSR count). The van der Waals surface area contributed by atoms with Gasteiger partial charge in [-0.1, -0.05) is 48.5 Å². The molecule has 0 saturated carbocycles. The highest BCUT2D eigenvalue weighted by molar-refractivity contribution is 7.25. The summed E-state index contributed by atoms with van der Waals surface area (Å²) in [5.74, 6) is 0. The number of pyridine rings is 4. The SMILES string of the molecule is c1cnc2c(c1)oc1cc(N(c3ccc(-n4c5ccccc5c5cc(-c6cncc7c6oc6cc(N(c8ccc9c(c8)oc8ccncc89)c8ccc9c(c8)sc8ccccc89)ccc67)ccc54)cc3)c3ccc4c(c3)oc3cccnc34)ccc12. The van der Waals surface area contributed by atoms with Crippen molar-refractivity contribution in [2.45, 2.75) is 0 Å². The summed E-state index contributed by atoms with van der Waals surface area (Å²) >= 11 is 1.81. The summed E-state index contributed by atoms with van der Waals surface area (Å²) in [7, 11) is 0. The van der Waals surface area contributed by atoms with E-state index < -0.39 is 0 Å². The fourth-order valence-corrected chi connectivity index (χ4v) is 14.3. The molecule has 10 heterocycles. The maximum atomic E-state index is 7.04. The topological polar surface area (TPSA) is 116 Å². The predicted molar refractivity (Wildman–Crippen MR) is 349 cm³/mol. The molecule has 19 aromatic rings. The summed E-state index contributed by atoms with van der Waals surface area (Å²) in [6, 6.07) is 74.6. The van der Waals surface area contributed by atoms with Crippen molar-refractivity contribution in [3.05, 3.63) is 250 Å². The molecule has 0 amide bonds. The molecule has 0 fully saturated rings. The number of hydrogen-bond acceptors (Lipinski definition) is 11. The average molecular weight is 1120 g/mol. The Hall–Kier alpha value is -11.6. The van der Waals surface area contributed by atoms with Crippen LogP contribution in [0.1, 0.15) is 0 Å². The minimum Gasteiger partial charge on any atom is -0.456 e. The van der Waals surface area contributed by atoms with E-state index >= 15 is 0 Å². The van der Waals surface area contributed by atoms with Crippen LogP contribution in [0.15, 0.2) is 267 Å². The highest BCUT2D eigenvalue weighted by Crippen LogP contribution is 2.47. The van der Waals surface area contributed by atoms with Gasteiger partial charge in [-0.25, -0.2) is 0 Å². The van der Waals surface area contributed by atoms with Crippen LogP contribution < -0.4 is 9.80 Å². The third-order valence-electron chi connectivity index (χ3n) is 17.0. The van der Waals surface area contributed by atoms with Gasteiger partial charge in [-0.15, -0.1) is 11.3 Å². The van der Waals surface area contributed by atoms with E-state index in [1.807, 2.05) is 60.3 Å². The van der Waals surface area contributed by atoms with Gasteiger partial charge >= 0.3 is 0 Å². The number of aromatic nitrogens is 5. The van der Waals surface area contributed by atoms with Crippen LogP contribution in [0.3, 0.4) is 0 Å². The molecule has 11 nitrogen and oxygen atoms in total. The first kappa shape index (κ1) is 46.9. The fourth-order valence-electron chi connectivity index (χ4n) is 13.1. The van der Waals surface area contributed by atoms with Crippen LogP contribution in [-0.4, -0.2) is 24.5 Å². The largest absolute Gasteiger partial charge is 0.456 e. The van der Waals surface area contributed by atoms with Gasteiger partial charge in [0, 0.05) is 170 Å². The number of hydrogen-bond donors (Lipinski definition) is 0. The lowest BCUT2D eigenvalue weighted by molar-refractivity contribution is 0.667. The molecule has 0 N–H and O–H groups in total. The van der Waals surface area contributed by atoms with Gasteiger partial charge in [0.2, 0.25) is 0 Å². The van der Waals surface area contributed by atoms with Crippen molar-refractivity contribution in [3.8, 4) is 16.8 Å². The Labute approximate surface area is 491 Å². The van der Waals surface area contributed by atoms with Gasteiger partial charge in [0.1, 0.15) is 44.5 Å². The van der Waals surface area contributed by atoms with Crippen molar-refractivity contribution in [3.63, 3.8) is 0 Å². The molecular weight excluding hydrogens is 1080 g/mol. The van der Waals surface area contributed by atoms with Crippen LogP contribution in [0.25, 0.3) is 147 Å². The number of thiophene rings is 1. The Morgan fingerprint density at radius 3 is 1.59 bits per heavy atom. The summed E-state index contributed by atoms with van der Waals surface area (Å²) in [5, 5.41) is 10.6. The molecule has 0 aliphatic heterocycles. The lowest BCUT2D eigenvalue weighted by Crippen LogP contribution is -2.10. The highest BCUT2D eigenvalue weighted by Gasteiger charge is 2.23. The molecule has 0 spiro atoms. The van der Waals surface area contributed by atoms with E-state index in [9.17, 15) is 0 Å². The van der Waals surface area contributed by atoms with Gasteiger partial charge in [0.05, 0.1) is 11.0 Å². The lowest BCUT2D eigenvalue weighted by Gasteiger charge is -2.25. The van der Waals surface area contributed by atoms with Gasteiger partial charge in [-0.05, 0) is 145 Å². The summed E-state index contributed by atoms with van der Waals surface area (Å²) in [6.07, 6.45) is 11.1. The zero-order chi connectivity index (χ0) is 56.1. The molecule has 0 saturated heterocycles. The predicted octanol–water partition coefficient (Wildman–Crippen LogP) is 20.9. The second kappa shape index (κ2) is 18.0. The highest BCUT2D eigenvalue weighted by atomic mass is 32.1. The molecule has 9 aromatic carbocycles. The lowest BCUT2D eigenvalue weighted by atomic mass is 10.0. The van der Waals surface area contributed by atoms with Gasteiger partial charge in [-0.3, -0.25) is 19.9 Å². The van der Waals surface area contributed by atoms with Crippen molar-refractivity contribution in [1.29, 1.82) is 0 Å². The smallest absolute Gasteiger partial charge is 0.153 e. The minimum absolute atomic E-state index is 0.747. The third kappa shape index (κ3) is 7.01. The first-order valence-corrected chi connectivity index (χ1v) is 29.2. The van der Waals surface area contributed by atoms with Crippen molar-refractivity contribution in [2.24, 2.45) is 0 Å². The zero-order valence-electron chi connectivity index (χ0n) is 45.3. The van der Waals surface area contributed by atoms with Crippen LogP contribution in [0.2, 0.25) is 0 Å². The van der Waals surface area contributed by atoms with Gasteiger partial charge in [0.25, 0.3) is 0 Å². The minimum atomic E-state index is 0.747. The molecule has 0 aliphatic rings. The van der Waals surface area contributed by atoms with Crippen molar-refractivity contribution in [1.82, 2.24) is 24.5 Å². The van der Waals surface area contributed by atoms with E-state index in [2.05, 4.69) is 211 Å². The second-order valence-electron chi connectivity index (χ2n) is 21.8. The standard InChI is InChI=1S/C74H41N7O4S/c1-3-9-61-50(7-1)57-33-42(13-28-62(57)81(61)44-16-14-43(15-17-44)79(45-21-26-55-68(36-45)83-64-10-5-30-77-72(55)64)46-22-27-56-69(37-46)84-65-11-6-31-78-73(56)65)58-39-76-41-60-52-24-19-48(35-67(52)85-74(58)60)80(47-18-23-51-59-40-75-32-29-63(59)82-66(51)34-47)49-20-25-54-53-8-2-4-12-70(53)86-71(54)38-49/h1-41H. The first-order chi connectivity index (χ1) is 42.6. The molecule has 402 valence electrons. The van der Waals surface area contributed by atoms with Crippen molar-refractivity contribution >= 4 is 175 Å². The average Bonchev–Trinajstić information content (AvgIpc) is 4.63. The van der Waals surface area contributed by atoms with Gasteiger partial charge in [0.15, 0.2) is 11.2 Å². The molecule has 86 heavy (non-hydrogen) atoms. The Morgan fingerprint density at radius 1 is 0.326 bits per heavy atom. The fraction of sp³-hybridized carbons (Fsp3) is 0. The molecule has 0 unspecified atom stereocenters. The van der Waals surface area contributed by atoms with Crippen LogP contribution in [0.5, 0.6) is 0 Å². The van der Waals surface area contributed by atoms with E-state index in [0.717, 1.165) is 161 Å². The number of rotatable bonds is 8. The molecule has 0 bridgehead atoms. The van der Waals surface area contributed by atoms with Crippen LogP contribution >= 0.6 is 11.3 Å². The van der Waals surface area contributed by atoms with E-state index in [1.165, 1.54) is 20.2 Å². The van der Waals surface area contributed by atoms with E-state index in [-0.39, 0.29) is 0 Å². The van der Waals surface area contributed by atoms with Crippen molar-refractivity contribution in [2.75, 3.05) is 9.80 Å². The maximum Gasteiger partial charge on any atom is 0.153 e. The van der Waals surface area contributed by atoms with E-state index in [0.29, 0.717) is 0 Å². The summed E-state index contributed by atoms with van der Waals surface area (Å²) in [6.45, 7) is 0. The molecule has 0 radical (unpaired) electrons. The van der Waals surface area contributed by atoms with Crippen molar-refractivity contribution < 1.29 is 17.7 Å². The van der Waals surface area contributed by atoms with Gasteiger partial charge < -0.3 is 32.0 Å². The zero-order valence-corrected chi connectivity index (χ0v) is 46.2. The molecule has 12 heteroatoms. The Balaban J connectivity index is 0.711. The number of benzene rings is 9. The quantitative estimate of drug-likeness (QED) is 0.146. The second-order valence-corrected chi connectivity index (χ2v) is 22.9. The number of furan rings is 4. The summed E-state index contributed by atoms with van der Waals surface area (Å²) in [4.78, 5) is 23.1. The summed E-state index contributed by atoms with van der Waals surface area (Å²) in [5.41, 5.74) is 18.7. The van der Waals surface area contributed by atoms with E-state index in [1.54, 1.807) is 18.6 Å². The van der Waals surface area contributed by atoms with Crippen LogP contribution in [0, 0.1) is 0 Å². The summed E-state index contributed by atoms with van der Waals surface area (Å²) < 4.78 is 31.1. The number of para-hydroxylation sites is 1. The Bertz CT molecular complexity index is 5800. The Kier molecular flexibility index (Phi) is 9.80. The van der Waals surface area contributed by atoms with Gasteiger partial charge in [-0.2, -0.15) is 0 Å². The van der Waals surface area contributed by atoms with Crippen LogP contribution in [0.4, 0.5) is 34.1 Å². The van der Waals surface area contributed by atoms with E-state index in [4.69, 9.17) is 22.7 Å². The molecular formula is C74H41N7O4S.